The van der Waals surface area contributed by atoms with Gasteiger partial charge < -0.3 is 4.42 Å². The Morgan fingerprint density at radius 3 is 2.29 bits per heavy atom. The van der Waals surface area contributed by atoms with Crippen molar-refractivity contribution in [3.63, 3.8) is 0 Å². The molecule has 1 heterocycles. The third-order valence-electron chi connectivity index (χ3n) is 4.80. The van der Waals surface area contributed by atoms with Crippen LogP contribution in [0.3, 0.4) is 0 Å². The zero-order valence-corrected chi connectivity index (χ0v) is 13.4. The monoisotopic (exact) mass is 308 g/mol. The van der Waals surface area contributed by atoms with E-state index in [0.717, 1.165) is 11.2 Å². The molecule has 114 valence electrons. The number of para-hydroxylation sites is 1. The third kappa shape index (κ3) is 1.88. The fourth-order valence-electron chi connectivity index (χ4n) is 3.65. The topological polar surface area (TPSA) is 13.1 Å². The highest BCUT2D eigenvalue weighted by atomic mass is 16.3. The number of hydrogen-bond acceptors (Lipinski definition) is 1. The summed E-state index contributed by atoms with van der Waals surface area (Å²) in [5, 5.41) is 4.90. The number of hydrogen-bond donors (Lipinski definition) is 0. The van der Waals surface area contributed by atoms with Gasteiger partial charge in [-0.1, -0.05) is 60.7 Å². The molecule has 5 aromatic rings. The van der Waals surface area contributed by atoms with Crippen LogP contribution in [-0.2, 0) is 0 Å². The summed E-state index contributed by atoms with van der Waals surface area (Å²) in [4.78, 5) is 0. The van der Waals surface area contributed by atoms with Gasteiger partial charge in [0, 0.05) is 10.8 Å². The average molecular weight is 308 g/mol. The molecule has 0 atom stereocenters. The molecule has 1 aromatic heterocycles. The second-order valence-corrected chi connectivity index (χ2v) is 6.29. The first-order valence-electron chi connectivity index (χ1n) is 8.21. The van der Waals surface area contributed by atoms with Gasteiger partial charge in [0.1, 0.15) is 11.2 Å². The minimum Gasteiger partial charge on any atom is -0.456 e. The molecule has 0 amide bonds. The smallest absolute Gasteiger partial charge is 0.136 e. The van der Waals surface area contributed by atoms with E-state index in [0.29, 0.717) is 0 Å². The van der Waals surface area contributed by atoms with Crippen LogP contribution in [0.15, 0.2) is 83.3 Å². The molecule has 0 radical (unpaired) electrons. The molecule has 5 rings (SSSR count). The fourth-order valence-corrected chi connectivity index (χ4v) is 3.65. The summed E-state index contributed by atoms with van der Waals surface area (Å²) >= 11 is 0. The van der Waals surface area contributed by atoms with Gasteiger partial charge >= 0.3 is 0 Å². The molecule has 1 heteroatoms. The predicted molar refractivity (Wildman–Crippen MR) is 101 cm³/mol. The quantitative estimate of drug-likeness (QED) is 0.335. The highest BCUT2D eigenvalue weighted by molar-refractivity contribution is 6.07. The van der Waals surface area contributed by atoms with Gasteiger partial charge in [-0.25, -0.2) is 0 Å². The van der Waals surface area contributed by atoms with E-state index in [9.17, 15) is 0 Å². The number of aryl methyl sites for hydroxylation is 1. The number of benzene rings is 4. The van der Waals surface area contributed by atoms with E-state index in [1.54, 1.807) is 0 Å². The van der Waals surface area contributed by atoms with Gasteiger partial charge in [-0.15, -0.1) is 0 Å². The van der Waals surface area contributed by atoms with Gasteiger partial charge in [0.25, 0.3) is 0 Å². The Bertz CT molecular complexity index is 1210. The first kappa shape index (κ1) is 13.4. The Morgan fingerprint density at radius 2 is 1.38 bits per heavy atom. The Kier molecular flexibility index (Phi) is 2.77. The van der Waals surface area contributed by atoms with Crippen molar-refractivity contribution < 1.29 is 4.42 Å². The molecule has 24 heavy (non-hydrogen) atoms. The van der Waals surface area contributed by atoms with Crippen molar-refractivity contribution >= 4 is 32.7 Å². The largest absolute Gasteiger partial charge is 0.456 e. The molecule has 0 bridgehead atoms. The van der Waals surface area contributed by atoms with E-state index in [4.69, 9.17) is 4.42 Å². The lowest BCUT2D eigenvalue weighted by Crippen LogP contribution is -1.86. The highest BCUT2D eigenvalue weighted by Crippen LogP contribution is 2.36. The molecule has 1 nitrogen and oxygen atoms in total. The van der Waals surface area contributed by atoms with Crippen molar-refractivity contribution in [2.45, 2.75) is 6.92 Å². The normalized spacial score (nSPS) is 11.5. The summed E-state index contributed by atoms with van der Waals surface area (Å²) in [6, 6.07) is 27.7. The van der Waals surface area contributed by atoms with Gasteiger partial charge in [-0.3, -0.25) is 0 Å². The molecular weight excluding hydrogens is 292 g/mol. The van der Waals surface area contributed by atoms with E-state index in [1.807, 2.05) is 12.1 Å². The highest BCUT2D eigenvalue weighted by Gasteiger charge is 2.11. The molecular formula is C23H16O. The van der Waals surface area contributed by atoms with Crippen LogP contribution in [0.4, 0.5) is 0 Å². The zero-order valence-electron chi connectivity index (χ0n) is 13.4. The lowest BCUT2D eigenvalue weighted by molar-refractivity contribution is 0.669. The minimum atomic E-state index is 0.944. The van der Waals surface area contributed by atoms with E-state index < -0.39 is 0 Å². The van der Waals surface area contributed by atoms with Gasteiger partial charge in [0.15, 0.2) is 0 Å². The maximum absolute atomic E-state index is 6.07. The molecule has 0 unspecified atom stereocenters. The van der Waals surface area contributed by atoms with Crippen molar-refractivity contribution in [1.29, 1.82) is 0 Å². The van der Waals surface area contributed by atoms with Crippen LogP contribution in [0.1, 0.15) is 5.56 Å². The van der Waals surface area contributed by atoms with Crippen molar-refractivity contribution in [3.8, 4) is 11.1 Å². The molecule has 0 fully saturated rings. The summed E-state index contributed by atoms with van der Waals surface area (Å²) in [6.07, 6.45) is 0. The van der Waals surface area contributed by atoms with Crippen LogP contribution in [0.25, 0.3) is 43.8 Å². The maximum atomic E-state index is 6.07. The van der Waals surface area contributed by atoms with Crippen molar-refractivity contribution in [1.82, 2.24) is 0 Å². The first-order valence-corrected chi connectivity index (χ1v) is 8.21. The molecule has 0 saturated heterocycles. The van der Waals surface area contributed by atoms with Crippen LogP contribution < -0.4 is 0 Å². The number of fused-ring (bicyclic) bond motifs is 4. The molecule has 0 spiro atoms. The molecule has 0 saturated carbocycles. The standard InChI is InChI=1S/C23H16O/c1-15-10-11-16-6-2-3-7-18(16)23(15)17-12-13-20-19-8-4-5-9-21(19)24-22(20)14-17/h2-14H,1H3. The maximum Gasteiger partial charge on any atom is 0.136 e. The summed E-state index contributed by atoms with van der Waals surface area (Å²) in [5.41, 5.74) is 5.66. The molecule has 0 aliphatic heterocycles. The number of furan rings is 1. The van der Waals surface area contributed by atoms with Crippen LogP contribution in [-0.4, -0.2) is 0 Å². The third-order valence-corrected chi connectivity index (χ3v) is 4.80. The second kappa shape index (κ2) is 4.97. The lowest BCUT2D eigenvalue weighted by Gasteiger charge is -2.10. The molecule has 0 aliphatic carbocycles. The molecule has 0 aliphatic rings. The molecule has 4 aromatic carbocycles. The summed E-state index contributed by atoms with van der Waals surface area (Å²) in [6.45, 7) is 2.17. The second-order valence-electron chi connectivity index (χ2n) is 6.29. The Hall–Kier alpha value is -3.06. The van der Waals surface area contributed by atoms with Crippen LogP contribution in [0, 0.1) is 6.92 Å². The van der Waals surface area contributed by atoms with Crippen LogP contribution >= 0.6 is 0 Å². The SMILES string of the molecule is Cc1ccc2ccccc2c1-c1ccc2c(c1)oc1ccccc12. The predicted octanol–water partition coefficient (Wildman–Crippen LogP) is 6.71. The van der Waals surface area contributed by atoms with Gasteiger partial charge in [-0.2, -0.15) is 0 Å². The summed E-state index contributed by atoms with van der Waals surface area (Å²) < 4.78 is 6.07. The summed E-state index contributed by atoms with van der Waals surface area (Å²) in [7, 11) is 0. The van der Waals surface area contributed by atoms with Crippen molar-refractivity contribution in [2.24, 2.45) is 0 Å². The minimum absolute atomic E-state index is 0.944. The Balaban J connectivity index is 1.84. The van der Waals surface area contributed by atoms with Crippen LogP contribution in [0.5, 0.6) is 0 Å². The Labute approximate surface area is 140 Å². The van der Waals surface area contributed by atoms with E-state index in [1.165, 1.54) is 38.2 Å². The van der Waals surface area contributed by atoms with E-state index in [-0.39, 0.29) is 0 Å². The van der Waals surface area contributed by atoms with Crippen molar-refractivity contribution in [3.05, 3.63) is 84.4 Å². The Morgan fingerprint density at radius 1 is 0.625 bits per heavy atom. The van der Waals surface area contributed by atoms with Gasteiger partial charge in [0.05, 0.1) is 0 Å². The van der Waals surface area contributed by atoms with Crippen LogP contribution in [0.2, 0.25) is 0 Å². The van der Waals surface area contributed by atoms with Gasteiger partial charge in [0.2, 0.25) is 0 Å². The first-order chi connectivity index (χ1) is 11.8. The summed E-state index contributed by atoms with van der Waals surface area (Å²) in [5.74, 6) is 0. The molecule has 0 N–H and O–H groups in total. The average Bonchev–Trinajstić information content (AvgIpc) is 2.99. The lowest BCUT2D eigenvalue weighted by atomic mass is 9.93. The van der Waals surface area contributed by atoms with Gasteiger partial charge in [-0.05, 0) is 52.6 Å². The van der Waals surface area contributed by atoms with E-state index in [2.05, 4.69) is 73.7 Å². The number of rotatable bonds is 1. The van der Waals surface area contributed by atoms with E-state index >= 15 is 0 Å². The fraction of sp³-hybridized carbons (Fsp3) is 0.0435. The van der Waals surface area contributed by atoms with Crippen molar-refractivity contribution in [2.75, 3.05) is 0 Å². The zero-order chi connectivity index (χ0) is 16.1.